The van der Waals surface area contributed by atoms with Crippen LogP contribution >= 0.6 is 0 Å². The Kier molecular flexibility index (Phi) is 4.35. The first-order valence-corrected chi connectivity index (χ1v) is 7.46. The van der Waals surface area contributed by atoms with E-state index in [1.54, 1.807) is 24.3 Å². The third-order valence-electron chi connectivity index (χ3n) is 3.69. The first-order valence-electron chi connectivity index (χ1n) is 7.46. The number of benzene rings is 2. The molecule has 2 aromatic carbocycles. The van der Waals surface area contributed by atoms with Crippen molar-refractivity contribution in [2.75, 3.05) is 16.0 Å². The van der Waals surface area contributed by atoms with E-state index in [-0.39, 0.29) is 18.0 Å². The number of hydrogen-bond donors (Lipinski definition) is 3. The molecule has 1 aliphatic rings. The Morgan fingerprint density at radius 3 is 2.52 bits per heavy atom. The van der Waals surface area contributed by atoms with Crippen LogP contribution in [0.25, 0.3) is 0 Å². The number of nitrogens with one attached hydrogen (secondary N) is 3. The number of rotatable bonds is 3. The van der Waals surface area contributed by atoms with Crippen molar-refractivity contribution in [1.82, 2.24) is 0 Å². The fourth-order valence-corrected chi connectivity index (χ4v) is 2.51. The van der Waals surface area contributed by atoms with Gasteiger partial charge >= 0.3 is 6.18 Å². The van der Waals surface area contributed by atoms with Crippen molar-refractivity contribution in [3.8, 4) is 0 Å². The molecule has 130 valence electrons. The summed E-state index contributed by atoms with van der Waals surface area (Å²) in [6.07, 6.45) is -4.70. The van der Waals surface area contributed by atoms with E-state index in [9.17, 15) is 22.8 Å². The Labute approximate surface area is 141 Å². The first-order chi connectivity index (χ1) is 11.8. The number of carbonyl (C=O) groups is 2. The second-order valence-electron chi connectivity index (χ2n) is 5.56. The summed E-state index contributed by atoms with van der Waals surface area (Å²) in [5.41, 5.74) is 0.463. The van der Waals surface area contributed by atoms with Crippen LogP contribution in [0.15, 0.2) is 48.5 Å². The molecular weight excluding hydrogens is 335 g/mol. The normalized spacial score (nSPS) is 16.4. The monoisotopic (exact) mass is 349 g/mol. The zero-order valence-corrected chi connectivity index (χ0v) is 12.9. The lowest BCUT2D eigenvalue weighted by Gasteiger charge is -2.26. The average molecular weight is 349 g/mol. The Morgan fingerprint density at radius 1 is 1.08 bits per heavy atom. The summed E-state index contributed by atoms with van der Waals surface area (Å²) < 4.78 is 38.1. The van der Waals surface area contributed by atoms with Crippen molar-refractivity contribution in [1.29, 1.82) is 0 Å². The van der Waals surface area contributed by atoms with Crippen LogP contribution in [0.2, 0.25) is 0 Å². The van der Waals surface area contributed by atoms with E-state index in [4.69, 9.17) is 0 Å². The highest BCUT2D eigenvalue weighted by atomic mass is 19.4. The van der Waals surface area contributed by atoms with Gasteiger partial charge in [-0.15, -0.1) is 0 Å². The van der Waals surface area contributed by atoms with Gasteiger partial charge in [0.15, 0.2) is 0 Å². The highest BCUT2D eigenvalue weighted by Gasteiger charge is 2.31. The molecule has 1 atom stereocenters. The standard InChI is InChI=1S/C17H14F3N3O2/c18-17(19,20)10-4-3-5-11(8-10)21-15(24)9-14-16(25)23-13-7-2-1-6-12(13)22-14/h1-8,14,22H,9H2,(H,21,24)(H,23,25). The molecule has 0 saturated heterocycles. The fourth-order valence-electron chi connectivity index (χ4n) is 2.51. The molecule has 0 aromatic heterocycles. The second-order valence-corrected chi connectivity index (χ2v) is 5.56. The molecule has 0 radical (unpaired) electrons. The quantitative estimate of drug-likeness (QED) is 0.795. The minimum Gasteiger partial charge on any atom is -0.372 e. The van der Waals surface area contributed by atoms with Gasteiger partial charge in [0.2, 0.25) is 11.8 Å². The minimum absolute atomic E-state index is 0.0245. The Morgan fingerprint density at radius 2 is 1.80 bits per heavy atom. The lowest BCUT2D eigenvalue weighted by atomic mass is 10.1. The van der Waals surface area contributed by atoms with Gasteiger partial charge in [0.05, 0.1) is 23.4 Å². The lowest BCUT2D eigenvalue weighted by Crippen LogP contribution is -2.41. The molecule has 3 rings (SSSR count). The molecule has 8 heteroatoms. The molecule has 0 bridgehead atoms. The number of fused-ring (bicyclic) bond motifs is 1. The molecule has 2 aromatic rings. The van der Waals surface area contributed by atoms with Gasteiger partial charge in [0.25, 0.3) is 0 Å². The molecule has 2 amide bonds. The highest BCUT2D eigenvalue weighted by molar-refractivity contribution is 6.06. The summed E-state index contributed by atoms with van der Waals surface area (Å²) in [5, 5.41) is 8.01. The molecule has 0 spiro atoms. The van der Waals surface area contributed by atoms with Crippen molar-refractivity contribution < 1.29 is 22.8 Å². The van der Waals surface area contributed by atoms with Crippen LogP contribution in [0.1, 0.15) is 12.0 Å². The third-order valence-corrected chi connectivity index (χ3v) is 3.69. The number of alkyl halides is 3. The van der Waals surface area contributed by atoms with Gasteiger partial charge < -0.3 is 16.0 Å². The second kappa shape index (κ2) is 6.46. The molecule has 3 N–H and O–H groups in total. The average Bonchev–Trinajstić information content (AvgIpc) is 2.55. The van der Waals surface area contributed by atoms with Crippen molar-refractivity contribution in [2.24, 2.45) is 0 Å². The van der Waals surface area contributed by atoms with E-state index in [2.05, 4.69) is 16.0 Å². The summed E-state index contributed by atoms with van der Waals surface area (Å²) in [6.45, 7) is 0. The number of anilines is 3. The van der Waals surface area contributed by atoms with Gasteiger partial charge in [0, 0.05) is 5.69 Å². The Bertz CT molecular complexity index is 821. The van der Waals surface area contributed by atoms with Crippen LogP contribution in [0, 0.1) is 0 Å². The molecular formula is C17H14F3N3O2. The zero-order valence-electron chi connectivity index (χ0n) is 12.9. The summed E-state index contributed by atoms with van der Waals surface area (Å²) in [6, 6.07) is 10.6. The van der Waals surface area contributed by atoms with Gasteiger partial charge in [-0.3, -0.25) is 9.59 Å². The van der Waals surface area contributed by atoms with Crippen molar-refractivity contribution in [3.63, 3.8) is 0 Å². The van der Waals surface area contributed by atoms with Crippen LogP contribution in [0.3, 0.4) is 0 Å². The van der Waals surface area contributed by atoms with Gasteiger partial charge in [-0.25, -0.2) is 0 Å². The van der Waals surface area contributed by atoms with Crippen LogP contribution in [-0.4, -0.2) is 17.9 Å². The fraction of sp³-hybridized carbons (Fsp3) is 0.176. The van der Waals surface area contributed by atoms with E-state index < -0.39 is 23.7 Å². The van der Waals surface area contributed by atoms with Gasteiger partial charge in [0.1, 0.15) is 6.04 Å². The van der Waals surface area contributed by atoms with Gasteiger partial charge in [-0.2, -0.15) is 13.2 Å². The molecule has 1 unspecified atom stereocenters. The van der Waals surface area contributed by atoms with Gasteiger partial charge in [-0.1, -0.05) is 18.2 Å². The lowest BCUT2D eigenvalue weighted by molar-refractivity contribution is -0.137. The highest BCUT2D eigenvalue weighted by Crippen LogP contribution is 2.31. The molecule has 1 aliphatic heterocycles. The Balaban J connectivity index is 1.66. The van der Waals surface area contributed by atoms with E-state index in [1.165, 1.54) is 12.1 Å². The van der Waals surface area contributed by atoms with E-state index in [1.807, 2.05) is 0 Å². The number of hydrogen-bond acceptors (Lipinski definition) is 3. The maximum absolute atomic E-state index is 12.7. The predicted molar refractivity (Wildman–Crippen MR) is 87.2 cm³/mol. The molecule has 25 heavy (non-hydrogen) atoms. The smallest absolute Gasteiger partial charge is 0.372 e. The predicted octanol–water partition coefficient (Wildman–Crippen LogP) is 3.47. The largest absolute Gasteiger partial charge is 0.416 e. The summed E-state index contributed by atoms with van der Waals surface area (Å²) in [5.74, 6) is -0.941. The molecule has 0 fully saturated rings. The summed E-state index contributed by atoms with van der Waals surface area (Å²) >= 11 is 0. The first kappa shape index (κ1) is 16.8. The third kappa shape index (κ3) is 3.90. The number of carbonyl (C=O) groups excluding carboxylic acids is 2. The van der Waals surface area contributed by atoms with E-state index in [0.29, 0.717) is 11.4 Å². The maximum atomic E-state index is 12.7. The van der Waals surface area contributed by atoms with Crippen LogP contribution in [0.4, 0.5) is 30.2 Å². The molecule has 0 saturated carbocycles. The molecule has 5 nitrogen and oxygen atoms in total. The number of halogens is 3. The summed E-state index contributed by atoms with van der Waals surface area (Å²) in [7, 11) is 0. The zero-order chi connectivity index (χ0) is 18.0. The van der Waals surface area contributed by atoms with Crippen molar-refractivity contribution in [3.05, 3.63) is 54.1 Å². The van der Waals surface area contributed by atoms with Crippen molar-refractivity contribution >= 4 is 28.9 Å². The van der Waals surface area contributed by atoms with Gasteiger partial charge in [-0.05, 0) is 30.3 Å². The Hall–Kier alpha value is -3.03. The molecule has 1 heterocycles. The number of para-hydroxylation sites is 2. The maximum Gasteiger partial charge on any atom is 0.416 e. The number of amides is 2. The van der Waals surface area contributed by atoms with E-state index in [0.717, 1.165) is 12.1 Å². The molecule has 0 aliphatic carbocycles. The van der Waals surface area contributed by atoms with Crippen molar-refractivity contribution in [2.45, 2.75) is 18.6 Å². The van der Waals surface area contributed by atoms with Crippen LogP contribution in [0.5, 0.6) is 0 Å². The van der Waals surface area contributed by atoms with Crippen LogP contribution in [-0.2, 0) is 15.8 Å². The minimum atomic E-state index is -4.49. The summed E-state index contributed by atoms with van der Waals surface area (Å²) in [4.78, 5) is 24.1. The van der Waals surface area contributed by atoms with Crippen LogP contribution < -0.4 is 16.0 Å². The van der Waals surface area contributed by atoms with E-state index >= 15 is 0 Å². The SMILES string of the molecule is O=C(CC1Nc2ccccc2NC1=O)Nc1cccc(C(F)(F)F)c1. The topological polar surface area (TPSA) is 70.2 Å².